The third kappa shape index (κ3) is 0.784. The van der Waals surface area contributed by atoms with Crippen molar-refractivity contribution in [3.63, 3.8) is 0 Å². The van der Waals surface area contributed by atoms with Crippen molar-refractivity contribution in [2.24, 2.45) is 11.8 Å². The Kier molecular flexibility index (Phi) is 0.856. The number of allylic oxidation sites excluding steroid dienone is 4. The van der Waals surface area contributed by atoms with Crippen molar-refractivity contribution in [2.45, 2.75) is 38.5 Å². The maximum Gasteiger partial charge on any atom is -0.00941 e. The molecule has 62 valence electrons. The van der Waals surface area contributed by atoms with Gasteiger partial charge < -0.3 is 0 Å². The fraction of sp³-hybridized carbons (Fsp3) is 0.667. The van der Waals surface area contributed by atoms with E-state index in [1.807, 2.05) is 22.3 Å². The van der Waals surface area contributed by atoms with E-state index in [0.717, 1.165) is 11.8 Å². The molecule has 0 heteroatoms. The zero-order chi connectivity index (χ0) is 7.71. The highest BCUT2D eigenvalue weighted by Crippen LogP contribution is 2.63. The van der Waals surface area contributed by atoms with E-state index in [0.29, 0.717) is 0 Å². The summed E-state index contributed by atoms with van der Waals surface area (Å²) < 4.78 is 0. The lowest BCUT2D eigenvalue weighted by molar-refractivity contribution is 0.765. The Hall–Kier alpha value is -0.520. The van der Waals surface area contributed by atoms with Gasteiger partial charge in [-0.1, -0.05) is 22.3 Å². The third-order valence-corrected chi connectivity index (χ3v) is 3.85. The summed E-state index contributed by atoms with van der Waals surface area (Å²) in [6, 6.07) is 0. The molecule has 0 radical (unpaired) electrons. The van der Waals surface area contributed by atoms with Crippen molar-refractivity contribution in [2.75, 3.05) is 0 Å². The Bertz CT molecular complexity index is 284. The van der Waals surface area contributed by atoms with Gasteiger partial charge in [-0.25, -0.2) is 0 Å². The van der Waals surface area contributed by atoms with Crippen molar-refractivity contribution >= 4 is 0 Å². The van der Waals surface area contributed by atoms with Crippen LogP contribution in [-0.2, 0) is 0 Å². The van der Waals surface area contributed by atoms with Crippen molar-refractivity contribution < 1.29 is 0 Å². The zero-order valence-electron chi connectivity index (χ0n) is 7.40. The number of hydrogen-bond donors (Lipinski definition) is 0. The molecule has 4 aliphatic rings. The molecule has 0 bridgehead atoms. The minimum atomic E-state index is 1.06. The molecule has 0 aromatic rings. The van der Waals surface area contributed by atoms with Gasteiger partial charge in [-0.3, -0.25) is 0 Å². The van der Waals surface area contributed by atoms with Crippen LogP contribution in [0.3, 0.4) is 0 Å². The largest absolute Gasteiger partial charge is 0.0700 e. The van der Waals surface area contributed by atoms with Crippen LogP contribution >= 0.6 is 0 Å². The Labute approximate surface area is 73.4 Å². The Balaban J connectivity index is 1.56. The second-order valence-electron chi connectivity index (χ2n) is 4.88. The van der Waals surface area contributed by atoms with Crippen molar-refractivity contribution in [1.29, 1.82) is 0 Å². The highest BCUT2D eigenvalue weighted by atomic mass is 14.5. The van der Waals surface area contributed by atoms with Gasteiger partial charge in [0, 0.05) is 0 Å². The molecule has 12 heavy (non-hydrogen) atoms. The van der Waals surface area contributed by atoms with E-state index in [1.54, 1.807) is 0 Å². The van der Waals surface area contributed by atoms with Crippen LogP contribution in [0.1, 0.15) is 38.5 Å². The average molecular weight is 158 g/mol. The second kappa shape index (κ2) is 1.71. The lowest BCUT2D eigenvalue weighted by Crippen LogP contribution is -1.76. The molecule has 4 rings (SSSR count). The van der Waals surface area contributed by atoms with Crippen molar-refractivity contribution in [1.82, 2.24) is 0 Å². The van der Waals surface area contributed by atoms with E-state index in [9.17, 15) is 0 Å². The van der Waals surface area contributed by atoms with Crippen LogP contribution in [0.5, 0.6) is 0 Å². The predicted octanol–water partition coefficient (Wildman–Crippen LogP) is 3.21. The first-order valence-electron chi connectivity index (χ1n) is 5.35. The molecule has 0 aromatic carbocycles. The van der Waals surface area contributed by atoms with Gasteiger partial charge in [0.15, 0.2) is 0 Å². The highest BCUT2D eigenvalue weighted by Gasteiger charge is 2.50. The number of hydrogen-bond acceptors (Lipinski definition) is 0. The lowest BCUT2D eigenvalue weighted by atomic mass is 10.2. The Morgan fingerprint density at radius 3 is 1.42 bits per heavy atom. The van der Waals surface area contributed by atoms with Crippen molar-refractivity contribution in [3.05, 3.63) is 22.3 Å². The first-order chi connectivity index (χ1) is 5.93. The van der Waals surface area contributed by atoms with Gasteiger partial charge in [0.1, 0.15) is 0 Å². The van der Waals surface area contributed by atoms with Crippen LogP contribution in [0, 0.1) is 11.8 Å². The fourth-order valence-electron chi connectivity index (χ4n) is 2.71. The molecule has 4 saturated carbocycles. The van der Waals surface area contributed by atoms with Gasteiger partial charge >= 0.3 is 0 Å². The summed E-state index contributed by atoms with van der Waals surface area (Å²) in [5.74, 6) is 2.12. The van der Waals surface area contributed by atoms with Crippen molar-refractivity contribution in [3.8, 4) is 0 Å². The van der Waals surface area contributed by atoms with Crippen LogP contribution < -0.4 is 0 Å². The quantitative estimate of drug-likeness (QED) is 0.514. The smallest absolute Gasteiger partial charge is 0.00941 e. The minimum Gasteiger partial charge on any atom is -0.0700 e. The predicted molar refractivity (Wildman–Crippen MR) is 48.7 cm³/mol. The average Bonchev–Trinajstić information content (AvgIpc) is 2.81. The van der Waals surface area contributed by atoms with Crippen LogP contribution in [0.15, 0.2) is 22.3 Å². The Morgan fingerprint density at radius 1 is 0.667 bits per heavy atom. The molecular weight excluding hydrogens is 144 g/mol. The molecule has 0 amide bonds. The third-order valence-electron chi connectivity index (χ3n) is 3.85. The monoisotopic (exact) mass is 158 g/mol. The van der Waals surface area contributed by atoms with Crippen LogP contribution in [0.2, 0.25) is 0 Å². The lowest BCUT2D eigenvalue weighted by Gasteiger charge is -1.83. The normalized spacial score (nSPS) is 42.0. The maximum atomic E-state index is 1.89. The van der Waals surface area contributed by atoms with Gasteiger partial charge in [0.25, 0.3) is 0 Å². The molecule has 4 fully saturated rings. The van der Waals surface area contributed by atoms with Gasteiger partial charge in [0.2, 0.25) is 0 Å². The van der Waals surface area contributed by atoms with E-state index in [4.69, 9.17) is 0 Å². The molecule has 0 spiro atoms. The summed E-state index contributed by atoms with van der Waals surface area (Å²) in [6.07, 6.45) is 8.76. The Morgan fingerprint density at radius 2 is 1.08 bits per heavy atom. The summed E-state index contributed by atoms with van der Waals surface area (Å²) >= 11 is 0. The SMILES string of the molecule is C1CC1=C1C[C@H]1[C@@H]1CC1=C1CC1. The van der Waals surface area contributed by atoms with Gasteiger partial charge in [0.05, 0.1) is 0 Å². The van der Waals surface area contributed by atoms with E-state index >= 15 is 0 Å². The van der Waals surface area contributed by atoms with Crippen LogP contribution in [-0.4, -0.2) is 0 Å². The van der Waals surface area contributed by atoms with E-state index in [1.165, 1.54) is 38.5 Å². The summed E-state index contributed by atoms with van der Waals surface area (Å²) in [4.78, 5) is 0. The molecule has 0 aliphatic heterocycles. The second-order valence-corrected chi connectivity index (χ2v) is 4.88. The first kappa shape index (κ1) is 6.01. The number of rotatable bonds is 1. The van der Waals surface area contributed by atoms with Gasteiger partial charge in [-0.15, -0.1) is 0 Å². The first-order valence-corrected chi connectivity index (χ1v) is 5.35. The maximum absolute atomic E-state index is 1.89. The standard InChI is InChI=1S/C12H14/c1-2-7(1)9-5-11(9)12-6-10(12)8-3-4-8/h11-12H,1-6H2/t11-,12-/m1/s1. The molecule has 0 nitrogen and oxygen atoms in total. The molecule has 0 aromatic heterocycles. The summed E-state index contributed by atoms with van der Waals surface area (Å²) in [5.41, 5.74) is 7.45. The minimum absolute atomic E-state index is 1.06. The van der Waals surface area contributed by atoms with Gasteiger partial charge in [-0.05, 0) is 50.4 Å². The molecule has 0 N–H and O–H groups in total. The fourth-order valence-corrected chi connectivity index (χ4v) is 2.71. The molecule has 0 saturated heterocycles. The molecule has 2 atom stereocenters. The molecule has 0 unspecified atom stereocenters. The van der Waals surface area contributed by atoms with Crippen LogP contribution in [0.25, 0.3) is 0 Å². The highest BCUT2D eigenvalue weighted by molar-refractivity contribution is 5.46. The van der Waals surface area contributed by atoms with Gasteiger partial charge in [-0.2, -0.15) is 0 Å². The summed E-state index contributed by atoms with van der Waals surface area (Å²) in [6.45, 7) is 0. The topological polar surface area (TPSA) is 0 Å². The molecule has 0 heterocycles. The van der Waals surface area contributed by atoms with E-state index in [2.05, 4.69) is 0 Å². The van der Waals surface area contributed by atoms with Crippen LogP contribution in [0.4, 0.5) is 0 Å². The molecular formula is C12H14. The zero-order valence-corrected chi connectivity index (χ0v) is 7.40. The van der Waals surface area contributed by atoms with E-state index in [-0.39, 0.29) is 0 Å². The summed E-state index contributed by atoms with van der Waals surface area (Å²) in [5, 5.41) is 0. The summed E-state index contributed by atoms with van der Waals surface area (Å²) in [7, 11) is 0. The van der Waals surface area contributed by atoms with E-state index < -0.39 is 0 Å². The molecule has 4 aliphatic carbocycles.